The molecule has 3 heterocycles. The molecular formula is C19H13FN4OS. The molecular weight excluding hydrogens is 351 g/mol. The predicted molar refractivity (Wildman–Crippen MR) is 97.8 cm³/mol. The summed E-state index contributed by atoms with van der Waals surface area (Å²) in [5, 5.41) is 8.96. The fraction of sp³-hybridized carbons (Fsp3) is 0.105. The summed E-state index contributed by atoms with van der Waals surface area (Å²) >= 11 is 1.41. The van der Waals surface area contributed by atoms with Crippen molar-refractivity contribution < 1.29 is 4.39 Å². The molecule has 26 heavy (non-hydrogen) atoms. The maximum atomic E-state index is 14.3. The maximum absolute atomic E-state index is 14.3. The van der Waals surface area contributed by atoms with Crippen LogP contribution < -0.4 is 5.56 Å². The molecule has 0 fully saturated rings. The van der Waals surface area contributed by atoms with Crippen molar-refractivity contribution in [3.63, 3.8) is 0 Å². The summed E-state index contributed by atoms with van der Waals surface area (Å²) in [7, 11) is 0. The summed E-state index contributed by atoms with van der Waals surface area (Å²) < 4.78 is 15.9. The fourth-order valence-corrected chi connectivity index (χ4v) is 4.01. The van der Waals surface area contributed by atoms with E-state index in [0.29, 0.717) is 16.2 Å². The summed E-state index contributed by atoms with van der Waals surface area (Å²) in [5.74, 6) is -0.563. The molecule has 4 rings (SSSR count). The summed E-state index contributed by atoms with van der Waals surface area (Å²) in [6, 6.07) is 11.7. The molecule has 128 valence electrons. The second-order valence-corrected chi connectivity index (χ2v) is 7.04. The summed E-state index contributed by atoms with van der Waals surface area (Å²) in [5.41, 5.74) is 2.23. The topological polar surface area (TPSA) is 73.9 Å². The highest BCUT2D eigenvalue weighted by Crippen LogP contribution is 2.28. The highest BCUT2D eigenvalue weighted by Gasteiger charge is 2.16. The minimum atomic E-state index is -0.563. The van der Waals surface area contributed by atoms with Crippen LogP contribution in [0.2, 0.25) is 0 Å². The summed E-state index contributed by atoms with van der Waals surface area (Å²) in [4.78, 5) is 21.9. The van der Waals surface area contributed by atoms with Gasteiger partial charge in [0.2, 0.25) is 0 Å². The van der Waals surface area contributed by atoms with E-state index in [0.717, 1.165) is 16.3 Å². The number of aromatic amines is 1. The standard InChI is InChI=1S/C19H13FN4OS/c1-11-18(15-6-3-7-22-15)24-16(25)9-14(23-19(24)26-11)8-12-4-2-5-13(10-21)17(12)20/h2-7,9,22H,8H2,1H3. The number of thiazole rings is 1. The van der Waals surface area contributed by atoms with Gasteiger partial charge >= 0.3 is 0 Å². The number of rotatable bonds is 3. The van der Waals surface area contributed by atoms with Gasteiger partial charge in [0.1, 0.15) is 11.9 Å². The number of aryl methyl sites for hydroxylation is 1. The van der Waals surface area contributed by atoms with Crippen LogP contribution in [0.25, 0.3) is 16.3 Å². The number of nitriles is 1. The first-order chi connectivity index (χ1) is 12.6. The first-order valence-corrected chi connectivity index (χ1v) is 8.73. The van der Waals surface area contributed by atoms with Crippen molar-refractivity contribution in [1.29, 1.82) is 5.26 Å². The van der Waals surface area contributed by atoms with Crippen LogP contribution in [0.3, 0.4) is 0 Å². The highest BCUT2D eigenvalue weighted by molar-refractivity contribution is 7.17. The van der Waals surface area contributed by atoms with E-state index in [-0.39, 0.29) is 17.5 Å². The smallest absolute Gasteiger partial charge is 0.259 e. The molecule has 0 unspecified atom stereocenters. The molecule has 5 nitrogen and oxygen atoms in total. The zero-order valence-corrected chi connectivity index (χ0v) is 14.6. The van der Waals surface area contributed by atoms with Gasteiger partial charge in [0.25, 0.3) is 5.56 Å². The van der Waals surface area contributed by atoms with Crippen LogP contribution in [0, 0.1) is 24.1 Å². The van der Waals surface area contributed by atoms with Crippen molar-refractivity contribution in [2.24, 2.45) is 0 Å². The van der Waals surface area contributed by atoms with Crippen molar-refractivity contribution in [2.75, 3.05) is 0 Å². The fourth-order valence-electron chi connectivity index (χ4n) is 3.00. The lowest BCUT2D eigenvalue weighted by Gasteiger charge is -2.05. The van der Waals surface area contributed by atoms with Gasteiger partial charge in [0.05, 0.1) is 22.6 Å². The largest absolute Gasteiger partial charge is 0.360 e. The van der Waals surface area contributed by atoms with Crippen LogP contribution >= 0.6 is 11.3 Å². The molecule has 0 saturated heterocycles. The van der Waals surface area contributed by atoms with Gasteiger partial charge in [0.15, 0.2) is 4.96 Å². The molecule has 4 aromatic rings. The van der Waals surface area contributed by atoms with E-state index in [9.17, 15) is 9.18 Å². The Morgan fingerprint density at radius 2 is 2.19 bits per heavy atom. The number of benzene rings is 1. The molecule has 7 heteroatoms. The van der Waals surface area contributed by atoms with Gasteiger partial charge in [-0.1, -0.05) is 12.1 Å². The number of halogens is 1. The Balaban J connectivity index is 1.83. The Morgan fingerprint density at radius 1 is 1.35 bits per heavy atom. The molecule has 0 aliphatic rings. The van der Waals surface area contributed by atoms with Crippen LogP contribution in [-0.2, 0) is 6.42 Å². The third-order valence-corrected chi connectivity index (χ3v) is 5.12. The van der Waals surface area contributed by atoms with Crippen molar-refractivity contribution in [2.45, 2.75) is 13.3 Å². The average molecular weight is 364 g/mol. The Bertz CT molecular complexity index is 1220. The normalized spacial score (nSPS) is 11.0. The third-order valence-electron chi connectivity index (χ3n) is 4.17. The molecule has 0 aliphatic carbocycles. The third kappa shape index (κ3) is 2.61. The van der Waals surface area contributed by atoms with Gasteiger partial charge in [-0.3, -0.25) is 4.79 Å². The van der Waals surface area contributed by atoms with Gasteiger partial charge < -0.3 is 4.98 Å². The van der Waals surface area contributed by atoms with Crippen LogP contribution in [-0.4, -0.2) is 14.4 Å². The van der Waals surface area contributed by atoms with E-state index in [4.69, 9.17) is 5.26 Å². The molecule has 0 bridgehead atoms. The van der Waals surface area contributed by atoms with Crippen molar-refractivity contribution in [3.8, 4) is 17.5 Å². The number of H-pyrrole nitrogens is 1. The van der Waals surface area contributed by atoms with E-state index in [1.54, 1.807) is 22.7 Å². The molecule has 1 aromatic carbocycles. The van der Waals surface area contributed by atoms with Crippen LogP contribution in [0.4, 0.5) is 4.39 Å². The molecule has 1 N–H and O–H groups in total. The molecule has 0 atom stereocenters. The van der Waals surface area contributed by atoms with E-state index >= 15 is 0 Å². The lowest BCUT2D eigenvalue weighted by atomic mass is 10.1. The minimum absolute atomic E-state index is 0.0127. The van der Waals surface area contributed by atoms with Gasteiger partial charge in [-0.2, -0.15) is 5.26 Å². The first kappa shape index (κ1) is 16.2. The highest BCUT2D eigenvalue weighted by atomic mass is 32.1. The van der Waals surface area contributed by atoms with Crippen molar-refractivity contribution in [1.82, 2.24) is 14.4 Å². The summed E-state index contributed by atoms with van der Waals surface area (Å²) in [6.45, 7) is 1.94. The molecule has 0 amide bonds. The Morgan fingerprint density at radius 3 is 2.92 bits per heavy atom. The van der Waals surface area contributed by atoms with Gasteiger partial charge in [0, 0.05) is 23.6 Å². The first-order valence-electron chi connectivity index (χ1n) is 7.92. The van der Waals surface area contributed by atoms with Gasteiger partial charge in [-0.15, -0.1) is 11.3 Å². The monoisotopic (exact) mass is 364 g/mol. The molecule has 0 radical (unpaired) electrons. The van der Waals surface area contributed by atoms with Gasteiger partial charge in [-0.05, 0) is 30.7 Å². The quantitative estimate of drug-likeness (QED) is 0.603. The maximum Gasteiger partial charge on any atom is 0.259 e. The second-order valence-electron chi connectivity index (χ2n) is 5.86. The minimum Gasteiger partial charge on any atom is -0.360 e. The Kier molecular flexibility index (Phi) is 3.90. The number of aromatic nitrogens is 3. The Labute approximate surface area is 152 Å². The van der Waals surface area contributed by atoms with Gasteiger partial charge in [-0.25, -0.2) is 13.8 Å². The molecule has 0 saturated carbocycles. The average Bonchev–Trinajstić information content (AvgIpc) is 3.23. The van der Waals surface area contributed by atoms with Crippen LogP contribution in [0.1, 0.15) is 21.7 Å². The summed E-state index contributed by atoms with van der Waals surface area (Å²) in [6.07, 6.45) is 1.96. The number of nitrogens with zero attached hydrogens (tertiary/aromatic N) is 3. The second kappa shape index (κ2) is 6.24. The Hall–Kier alpha value is -3.24. The number of hydrogen-bond acceptors (Lipinski definition) is 4. The predicted octanol–water partition coefficient (Wildman–Crippen LogP) is 3.66. The number of hydrogen-bond donors (Lipinski definition) is 1. The molecule has 0 aliphatic heterocycles. The SMILES string of the molecule is Cc1sc2nc(Cc3cccc(C#N)c3F)cc(=O)n2c1-c1ccc[nH]1. The lowest BCUT2D eigenvalue weighted by molar-refractivity contribution is 0.609. The van der Waals surface area contributed by atoms with Crippen molar-refractivity contribution in [3.05, 3.63) is 80.5 Å². The van der Waals surface area contributed by atoms with E-state index in [2.05, 4.69) is 9.97 Å². The lowest BCUT2D eigenvalue weighted by Crippen LogP contribution is -2.15. The zero-order chi connectivity index (χ0) is 18.3. The number of nitrogens with one attached hydrogen (secondary N) is 1. The van der Waals surface area contributed by atoms with Crippen molar-refractivity contribution >= 4 is 16.3 Å². The van der Waals surface area contributed by atoms with E-state index in [1.807, 2.05) is 25.1 Å². The molecule has 0 spiro atoms. The number of fused-ring (bicyclic) bond motifs is 1. The van der Waals surface area contributed by atoms with Crippen LogP contribution in [0.15, 0.2) is 47.4 Å². The zero-order valence-electron chi connectivity index (χ0n) is 13.8. The van der Waals surface area contributed by atoms with E-state index < -0.39 is 5.82 Å². The van der Waals surface area contributed by atoms with E-state index in [1.165, 1.54) is 23.5 Å². The van der Waals surface area contributed by atoms with Crippen LogP contribution in [0.5, 0.6) is 0 Å². The molecule has 3 aromatic heterocycles.